The zero-order valence-corrected chi connectivity index (χ0v) is 14.5. The lowest BCUT2D eigenvalue weighted by atomic mass is 10.0. The quantitative estimate of drug-likeness (QED) is 0.706. The number of ether oxygens (including phenoxy) is 3. The van der Waals surface area contributed by atoms with E-state index in [0.717, 1.165) is 34.4 Å². The van der Waals surface area contributed by atoms with E-state index in [2.05, 4.69) is 38.8 Å². The van der Waals surface area contributed by atoms with E-state index in [1.807, 2.05) is 12.1 Å². The van der Waals surface area contributed by atoms with Gasteiger partial charge >= 0.3 is 0 Å². The zero-order valence-electron chi connectivity index (χ0n) is 11.3. The summed E-state index contributed by atoms with van der Waals surface area (Å²) in [5.41, 5.74) is 1.08. The van der Waals surface area contributed by atoms with E-state index >= 15 is 0 Å². The van der Waals surface area contributed by atoms with E-state index in [1.54, 1.807) is 14.2 Å². The topological polar surface area (TPSA) is 27.7 Å². The van der Waals surface area contributed by atoms with E-state index in [9.17, 15) is 0 Å². The van der Waals surface area contributed by atoms with Crippen molar-refractivity contribution in [2.75, 3.05) is 14.2 Å². The lowest BCUT2D eigenvalue weighted by Gasteiger charge is -2.22. The summed E-state index contributed by atoms with van der Waals surface area (Å²) < 4.78 is 17.6. The van der Waals surface area contributed by atoms with Crippen molar-refractivity contribution < 1.29 is 14.2 Å². The van der Waals surface area contributed by atoms with Gasteiger partial charge in [0.25, 0.3) is 0 Å². The van der Waals surface area contributed by atoms with E-state index in [-0.39, 0.29) is 10.9 Å². The molecular weight excluding hydrogens is 376 g/mol. The molecule has 3 nitrogen and oxygen atoms in total. The highest BCUT2D eigenvalue weighted by atomic mass is 79.9. The predicted molar refractivity (Wildman–Crippen MR) is 82.5 cm³/mol. The Morgan fingerprint density at radius 1 is 1.26 bits per heavy atom. The van der Waals surface area contributed by atoms with Crippen molar-refractivity contribution in [1.29, 1.82) is 0 Å². The Morgan fingerprint density at radius 2 is 2.00 bits per heavy atom. The number of alkyl halides is 1. The highest BCUT2D eigenvalue weighted by Crippen LogP contribution is 2.45. The highest BCUT2D eigenvalue weighted by Gasteiger charge is 2.31. The molecule has 0 aliphatic carbocycles. The minimum absolute atomic E-state index is 0.120. The van der Waals surface area contributed by atoms with Crippen LogP contribution in [0.15, 0.2) is 16.6 Å². The molecule has 1 aromatic rings. The van der Waals surface area contributed by atoms with Gasteiger partial charge in [-0.15, -0.1) is 0 Å². The molecule has 1 fully saturated rings. The molecule has 0 amide bonds. The van der Waals surface area contributed by atoms with Crippen LogP contribution in [-0.4, -0.2) is 26.4 Å². The predicted octanol–water partition coefficient (Wildman–Crippen LogP) is 4.47. The molecule has 1 heterocycles. The van der Waals surface area contributed by atoms with Gasteiger partial charge in [-0.1, -0.05) is 22.0 Å². The van der Waals surface area contributed by atoms with Gasteiger partial charge in [0.05, 0.1) is 31.3 Å². The number of methoxy groups -OCH3 is 2. The summed E-state index contributed by atoms with van der Waals surface area (Å²) in [6.07, 6.45) is 2.68. The average Bonchev–Trinajstić information content (AvgIpc) is 2.84. The second kappa shape index (κ2) is 6.46. The van der Waals surface area contributed by atoms with Crippen LogP contribution in [0.3, 0.4) is 0 Å². The van der Waals surface area contributed by atoms with Gasteiger partial charge in [-0.25, -0.2) is 0 Å². The van der Waals surface area contributed by atoms with Crippen molar-refractivity contribution in [3.8, 4) is 11.5 Å². The monoisotopic (exact) mass is 392 g/mol. The van der Waals surface area contributed by atoms with Crippen molar-refractivity contribution in [3.63, 3.8) is 0 Å². The standard InChI is InChI=1S/C14H18Br2O3/c1-8-4-6-11(19-8)12(15)9-5-7-10(17-2)13(16)14(9)18-3/h5,7-8,11-12H,4,6H2,1-3H3. The Labute approximate surface area is 130 Å². The minimum Gasteiger partial charge on any atom is -0.495 e. The summed E-state index contributed by atoms with van der Waals surface area (Å²) >= 11 is 7.28. The summed E-state index contributed by atoms with van der Waals surface area (Å²) in [5.74, 6) is 1.56. The van der Waals surface area contributed by atoms with E-state index < -0.39 is 0 Å². The van der Waals surface area contributed by atoms with E-state index in [4.69, 9.17) is 14.2 Å². The molecule has 1 aromatic carbocycles. The van der Waals surface area contributed by atoms with Gasteiger partial charge in [-0.2, -0.15) is 0 Å². The molecule has 2 rings (SSSR count). The Morgan fingerprint density at radius 3 is 2.53 bits per heavy atom. The fraction of sp³-hybridized carbons (Fsp3) is 0.571. The van der Waals surface area contributed by atoms with Crippen LogP contribution in [0.25, 0.3) is 0 Å². The van der Waals surface area contributed by atoms with Gasteiger partial charge in [-0.05, 0) is 41.8 Å². The number of hydrogen-bond acceptors (Lipinski definition) is 3. The summed E-state index contributed by atoms with van der Waals surface area (Å²) in [6, 6.07) is 3.96. The van der Waals surface area contributed by atoms with Crippen LogP contribution in [-0.2, 0) is 4.74 Å². The summed E-state index contributed by atoms with van der Waals surface area (Å²) in [6.45, 7) is 2.11. The summed E-state index contributed by atoms with van der Waals surface area (Å²) in [4.78, 5) is 0.120. The summed E-state index contributed by atoms with van der Waals surface area (Å²) in [7, 11) is 3.31. The number of hydrogen-bond donors (Lipinski definition) is 0. The maximum atomic E-state index is 5.92. The molecule has 0 bridgehead atoms. The maximum absolute atomic E-state index is 5.92. The number of rotatable bonds is 4. The van der Waals surface area contributed by atoms with Crippen LogP contribution in [0.2, 0.25) is 0 Å². The molecule has 1 saturated heterocycles. The smallest absolute Gasteiger partial charge is 0.141 e. The van der Waals surface area contributed by atoms with Crippen molar-refractivity contribution in [2.45, 2.75) is 36.8 Å². The van der Waals surface area contributed by atoms with Gasteiger partial charge < -0.3 is 14.2 Å². The van der Waals surface area contributed by atoms with Crippen LogP contribution in [0.1, 0.15) is 30.2 Å². The molecule has 0 radical (unpaired) electrons. The van der Waals surface area contributed by atoms with Crippen LogP contribution >= 0.6 is 31.9 Å². The molecule has 5 heteroatoms. The Bertz CT molecular complexity index is 451. The molecule has 3 unspecified atom stereocenters. The Balaban J connectivity index is 2.31. The first-order valence-electron chi connectivity index (χ1n) is 6.28. The lowest BCUT2D eigenvalue weighted by Crippen LogP contribution is -2.15. The first-order chi connectivity index (χ1) is 9.08. The molecule has 1 aliphatic rings. The molecule has 1 aliphatic heterocycles. The van der Waals surface area contributed by atoms with Gasteiger partial charge in [0.1, 0.15) is 16.0 Å². The third kappa shape index (κ3) is 3.09. The first kappa shape index (κ1) is 15.1. The van der Waals surface area contributed by atoms with Crippen molar-refractivity contribution in [3.05, 3.63) is 22.2 Å². The minimum atomic E-state index is 0.120. The average molecular weight is 394 g/mol. The van der Waals surface area contributed by atoms with E-state index in [0.29, 0.717) is 6.10 Å². The third-order valence-electron chi connectivity index (χ3n) is 3.40. The molecule has 0 saturated carbocycles. The fourth-order valence-electron chi connectivity index (χ4n) is 2.38. The number of benzene rings is 1. The first-order valence-corrected chi connectivity index (χ1v) is 7.99. The zero-order chi connectivity index (χ0) is 14.0. The van der Waals surface area contributed by atoms with Crippen LogP contribution < -0.4 is 9.47 Å². The Kier molecular flexibility index (Phi) is 5.15. The maximum Gasteiger partial charge on any atom is 0.141 e. The fourth-order valence-corrected chi connectivity index (χ4v) is 3.82. The molecular formula is C14H18Br2O3. The van der Waals surface area contributed by atoms with Gasteiger partial charge in [0.2, 0.25) is 0 Å². The van der Waals surface area contributed by atoms with Crippen LogP contribution in [0.4, 0.5) is 0 Å². The number of halogens is 2. The summed E-state index contributed by atoms with van der Waals surface area (Å²) in [5, 5.41) is 0. The van der Waals surface area contributed by atoms with Crippen molar-refractivity contribution in [2.24, 2.45) is 0 Å². The molecule has 19 heavy (non-hydrogen) atoms. The molecule has 3 atom stereocenters. The highest BCUT2D eigenvalue weighted by molar-refractivity contribution is 9.10. The largest absolute Gasteiger partial charge is 0.495 e. The van der Waals surface area contributed by atoms with Crippen LogP contribution in [0, 0.1) is 0 Å². The second-order valence-electron chi connectivity index (χ2n) is 4.67. The molecule has 0 aromatic heterocycles. The molecule has 106 valence electrons. The second-order valence-corrected chi connectivity index (χ2v) is 6.45. The third-order valence-corrected chi connectivity index (χ3v) is 5.24. The van der Waals surface area contributed by atoms with Crippen molar-refractivity contribution >= 4 is 31.9 Å². The van der Waals surface area contributed by atoms with E-state index in [1.165, 1.54) is 0 Å². The van der Waals surface area contributed by atoms with Crippen LogP contribution in [0.5, 0.6) is 11.5 Å². The van der Waals surface area contributed by atoms with Gasteiger partial charge in [0, 0.05) is 5.56 Å². The molecule has 0 spiro atoms. The lowest BCUT2D eigenvalue weighted by molar-refractivity contribution is 0.0553. The Hall–Kier alpha value is -0.260. The van der Waals surface area contributed by atoms with Gasteiger partial charge in [0.15, 0.2) is 0 Å². The normalized spacial score (nSPS) is 24.3. The van der Waals surface area contributed by atoms with Gasteiger partial charge in [-0.3, -0.25) is 0 Å². The SMILES string of the molecule is COc1ccc(C(Br)C2CCC(C)O2)c(OC)c1Br. The van der Waals surface area contributed by atoms with Crippen molar-refractivity contribution in [1.82, 2.24) is 0 Å². The molecule has 0 N–H and O–H groups in total.